The molecule has 0 radical (unpaired) electrons. The van der Waals surface area contributed by atoms with E-state index in [0.29, 0.717) is 17.9 Å². The molecule has 1 aromatic heterocycles. The van der Waals surface area contributed by atoms with Crippen LogP contribution in [0.4, 0.5) is 16.4 Å². The van der Waals surface area contributed by atoms with Gasteiger partial charge in [0.2, 0.25) is 5.95 Å². The Morgan fingerprint density at radius 1 is 1.30 bits per heavy atom. The third kappa shape index (κ3) is 4.43. The summed E-state index contributed by atoms with van der Waals surface area (Å²) in [5.41, 5.74) is 0.667. The molecule has 2 amide bonds. The molecule has 2 rings (SSSR count). The van der Waals surface area contributed by atoms with Crippen LogP contribution in [0.1, 0.15) is 30.0 Å². The first kappa shape index (κ1) is 16.8. The van der Waals surface area contributed by atoms with Gasteiger partial charge in [-0.05, 0) is 25.1 Å². The lowest BCUT2D eigenvalue weighted by Gasteiger charge is -2.08. The molecule has 0 aliphatic rings. The molecule has 0 saturated carbocycles. The first-order valence-corrected chi connectivity index (χ1v) is 7.37. The maximum Gasteiger partial charge on any atom is 0.411 e. The van der Waals surface area contributed by atoms with Crippen molar-refractivity contribution in [3.8, 4) is 0 Å². The number of carbonyl (C=O) groups excluding carboxylic acids is 2. The summed E-state index contributed by atoms with van der Waals surface area (Å²) in [6, 6.07) is 4.50. The van der Waals surface area contributed by atoms with Crippen molar-refractivity contribution in [2.24, 2.45) is 0 Å². The van der Waals surface area contributed by atoms with Crippen molar-refractivity contribution in [3.63, 3.8) is 0 Å². The van der Waals surface area contributed by atoms with E-state index in [4.69, 9.17) is 16.3 Å². The number of aryl methyl sites for hydroxylation is 1. The Labute approximate surface area is 137 Å². The largest absolute Gasteiger partial charge is 0.450 e. The van der Waals surface area contributed by atoms with E-state index in [1.54, 1.807) is 13.0 Å². The van der Waals surface area contributed by atoms with Crippen LogP contribution in [0.2, 0.25) is 5.02 Å². The Hall–Kier alpha value is -2.61. The van der Waals surface area contributed by atoms with E-state index >= 15 is 0 Å². The molecule has 1 heterocycles. The highest BCUT2D eigenvalue weighted by Crippen LogP contribution is 2.22. The zero-order chi connectivity index (χ0) is 16.8. The topological polar surface area (TPSA) is 109 Å². The lowest BCUT2D eigenvalue weighted by atomic mass is 10.2. The van der Waals surface area contributed by atoms with Gasteiger partial charge in [0.1, 0.15) is 5.82 Å². The molecular formula is C14H16ClN5O3. The third-order valence-corrected chi connectivity index (χ3v) is 3.14. The predicted octanol–water partition coefficient (Wildman–Crippen LogP) is 2.84. The van der Waals surface area contributed by atoms with Gasteiger partial charge < -0.3 is 4.74 Å². The van der Waals surface area contributed by atoms with Crippen LogP contribution in [-0.2, 0) is 11.2 Å². The molecule has 3 N–H and O–H groups in total. The van der Waals surface area contributed by atoms with Crippen LogP contribution in [0, 0.1) is 0 Å². The van der Waals surface area contributed by atoms with E-state index in [0.717, 1.165) is 0 Å². The van der Waals surface area contributed by atoms with Gasteiger partial charge in [0.05, 0.1) is 17.2 Å². The van der Waals surface area contributed by atoms with Crippen LogP contribution in [-0.4, -0.2) is 33.8 Å². The van der Waals surface area contributed by atoms with Gasteiger partial charge >= 0.3 is 6.09 Å². The number of aromatic nitrogens is 3. The van der Waals surface area contributed by atoms with E-state index in [2.05, 4.69) is 25.8 Å². The molecule has 1 aromatic carbocycles. The zero-order valence-corrected chi connectivity index (χ0v) is 13.4. The van der Waals surface area contributed by atoms with Crippen molar-refractivity contribution < 1.29 is 14.3 Å². The van der Waals surface area contributed by atoms with Gasteiger partial charge in [-0.2, -0.15) is 4.98 Å². The average molecular weight is 338 g/mol. The number of aromatic amines is 1. The highest BCUT2D eigenvalue weighted by Gasteiger charge is 2.14. The molecule has 0 unspecified atom stereocenters. The second-order valence-electron chi connectivity index (χ2n) is 4.45. The molecule has 23 heavy (non-hydrogen) atoms. The van der Waals surface area contributed by atoms with E-state index in [-0.39, 0.29) is 23.1 Å². The number of nitrogens with one attached hydrogen (secondary N) is 3. The first-order valence-electron chi connectivity index (χ1n) is 6.99. The smallest absolute Gasteiger partial charge is 0.411 e. The van der Waals surface area contributed by atoms with Gasteiger partial charge in [-0.1, -0.05) is 18.5 Å². The number of anilines is 2. The number of nitrogens with zero attached hydrogens (tertiary/aromatic N) is 2. The SMILES string of the molecule is CCOC(=O)Nc1ccc(C(=O)Nc2n[nH]c(CC)n2)c(Cl)c1. The standard InChI is InChI=1S/C14H16ClN5O3/c1-3-11-17-13(20-19-11)18-12(21)9-6-5-8(7-10(9)15)16-14(22)23-4-2/h5-7H,3-4H2,1-2H3,(H,16,22)(H2,17,18,19,20,21). The van der Waals surface area contributed by atoms with Crippen LogP contribution in [0.25, 0.3) is 0 Å². The van der Waals surface area contributed by atoms with E-state index in [1.807, 2.05) is 6.92 Å². The molecule has 0 aliphatic carbocycles. The van der Waals surface area contributed by atoms with Gasteiger partial charge in [-0.15, -0.1) is 5.10 Å². The summed E-state index contributed by atoms with van der Waals surface area (Å²) < 4.78 is 4.76. The Balaban J connectivity index is 2.07. The highest BCUT2D eigenvalue weighted by molar-refractivity contribution is 6.34. The lowest BCUT2D eigenvalue weighted by molar-refractivity contribution is 0.102. The monoisotopic (exact) mass is 337 g/mol. The average Bonchev–Trinajstić information content (AvgIpc) is 2.95. The van der Waals surface area contributed by atoms with E-state index in [9.17, 15) is 9.59 Å². The lowest BCUT2D eigenvalue weighted by Crippen LogP contribution is -2.15. The summed E-state index contributed by atoms with van der Waals surface area (Å²) in [7, 11) is 0. The molecule has 8 nitrogen and oxygen atoms in total. The van der Waals surface area contributed by atoms with Crippen LogP contribution in [0.5, 0.6) is 0 Å². The number of rotatable bonds is 5. The number of H-pyrrole nitrogens is 1. The summed E-state index contributed by atoms with van der Waals surface area (Å²) in [5, 5.41) is 11.8. The quantitative estimate of drug-likeness (QED) is 0.777. The first-order chi connectivity index (χ1) is 11.0. The predicted molar refractivity (Wildman–Crippen MR) is 85.8 cm³/mol. The van der Waals surface area contributed by atoms with E-state index < -0.39 is 12.0 Å². The van der Waals surface area contributed by atoms with Gasteiger partial charge in [0.15, 0.2) is 0 Å². The summed E-state index contributed by atoms with van der Waals surface area (Å²) in [5.74, 6) is 0.399. The van der Waals surface area contributed by atoms with Crippen molar-refractivity contribution >= 4 is 35.2 Å². The number of amides is 2. The van der Waals surface area contributed by atoms with Gasteiger partial charge in [-0.3, -0.25) is 20.5 Å². The zero-order valence-electron chi connectivity index (χ0n) is 12.6. The number of ether oxygens (including phenoxy) is 1. The molecule has 2 aromatic rings. The van der Waals surface area contributed by atoms with Crippen LogP contribution < -0.4 is 10.6 Å². The van der Waals surface area contributed by atoms with E-state index in [1.165, 1.54) is 12.1 Å². The molecule has 0 bridgehead atoms. The van der Waals surface area contributed by atoms with Gasteiger partial charge in [0.25, 0.3) is 5.91 Å². The minimum atomic E-state index is -0.589. The third-order valence-electron chi connectivity index (χ3n) is 2.83. The Morgan fingerprint density at radius 3 is 2.70 bits per heavy atom. The Morgan fingerprint density at radius 2 is 2.09 bits per heavy atom. The fourth-order valence-electron chi connectivity index (χ4n) is 1.74. The highest BCUT2D eigenvalue weighted by atomic mass is 35.5. The number of hydrogen-bond donors (Lipinski definition) is 3. The summed E-state index contributed by atoms with van der Waals surface area (Å²) in [4.78, 5) is 27.6. The van der Waals surface area contributed by atoms with Crippen molar-refractivity contribution in [2.45, 2.75) is 20.3 Å². The minimum Gasteiger partial charge on any atom is -0.450 e. The molecule has 9 heteroatoms. The number of halogens is 1. The Kier molecular flexibility index (Phi) is 5.53. The second-order valence-corrected chi connectivity index (χ2v) is 4.86. The van der Waals surface area contributed by atoms with Crippen molar-refractivity contribution in [2.75, 3.05) is 17.2 Å². The number of benzene rings is 1. The van der Waals surface area contributed by atoms with Crippen LogP contribution >= 0.6 is 11.6 Å². The molecule has 0 atom stereocenters. The molecule has 0 saturated heterocycles. The van der Waals surface area contributed by atoms with Crippen molar-refractivity contribution in [1.29, 1.82) is 0 Å². The maximum absolute atomic E-state index is 12.2. The number of hydrogen-bond acceptors (Lipinski definition) is 5. The van der Waals surface area contributed by atoms with Crippen molar-refractivity contribution in [3.05, 3.63) is 34.6 Å². The summed E-state index contributed by atoms with van der Waals surface area (Å²) in [6.45, 7) is 3.88. The summed E-state index contributed by atoms with van der Waals surface area (Å²) >= 11 is 6.08. The summed E-state index contributed by atoms with van der Waals surface area (Å²) in [6.07, 6.45) is 0.0892. The van der Waals surface area contributed by atoms with Crippen LogP contribution in [0.15, 0.2) is 18.2 Å². The van der Waals surface area contributed by atoms with Crippen molar-refractivity contribution in [1.82, 2.24) is 15.2 Å². The normalized spacial score (nSPS) is 10.2. The van der Waals surface area contributed by atoms with Crippen LogP contribution in [0.3, 0.4) is 0 Å². The molecule has 0 fully saturated rings. The molecule has 122 valence electrons. The molecular weight excluding hydrogens is 322 g/mol. The molecule has 0 spiro atoms. The Bertz CT molecular complexity index is 716. The van der Waals surface area contributed by atoms with Gasteiger partial charge in [-0.25, -0.2) is 4.79 Å². The van der Waals surface area contributed by atoms with Gasteiger partial charge in [0, 0.05) is 12.1 Å². The minimum absolute atomic E-state index is 0.177. The second kappa shape index (κ2) is 7.59. The maximum atomic E-state index is 12.2. The number of carbonyl (C=O) groups is 2. The fraction of sp³-hybridized carbons (Fsp3) is 0.286. The molecule has 0 aliphatic heterocycles. The fourth-order valence-corrected chi connectivity index (χ4v) is 2.01.